The summed E-state index contributed by atoms with van der Waals surface area (Å²) in [6.45, 7) is 2.19. The number of benzene rings is 2. The van der Waals surface area contributed by atoms with Crippen LogP contribution in [0.15, 0.2) is 36.4 Å². The van der Waals surface area contributed by atoms with Gasteiger partial charge in [0.2, 0.25) is 6.79 Å². The van der Waals surface area contributed by atoms with Gasteiger partial charge in [-0.2, -0.15) is 0 Å². The number of hydrogen-bond donors (Lipinski definition) is 0. The van der Waals surface area contributed by atoms with Gasteiger partial charge in [-0.1, -0.05) is 12.1 Å². The van der Waals surface area contributed by atoms with E-state index in [1.54, 1.807) is 38.1 Å². The van der Waals surface area contributed by atoms with Crippen LogP contribution in [-0.2, 0) is 9.47 Å². The van der Waals surface area contributed by atoms with E-state index in [9.17, 15) is 4.79 Å². The quantitative estimate of drug-likeness (QED) is 0.476. The Kier molecular flexibility index (Phi) is 5.76. The maximum Gasteiger partial charge on any atom is 0.338 e. The van der Waals surface area contributed by atoms with Gasteiger partial charge < -0.3 is 19.1 Å². The van der Waals surface area contributed by atoms with Crippen molar-refractivity contribution in [3.05, 3.63) is 42.0 Å². The van der Waals surface area contributed by atoms with Crippen molar-refractivity contribution < 1.29 is 19.0 Å². The maximum absolute atomic E-state index is 11.7. The topological polar surface area (TPSA) is 48.0 Å². The average molecular weight is 333 g/mol. The van der Waals surface area contributed by atoms with Crippen LogP contribution in [-0.4, -0.2) is 43.5 Å². The number of rotatable bonds is 5. The van der Waals surface area contributed by atoms with Crippen molar-refractivity contribution in [3.8, 4) is 5.75 Å². The molecule has 2 rings (SSSR count). The lowest BCUT2D eigenvalue weighted by Crippen LogP contribution is -2.24. The van der Waals surface area contributed by atoms with E-state index in [0.29, 0.717) is 23.1 Å². The summed E-state index contributed by atoms with van der Waals surface area (Å²) in [5.41, 5.74) is 0.535. The number of nitrogens with zero attached hydrogens (tertiary/aromatic N) is 1. The molecule has 23 heavy (non-hydrogen) atoms. The highest BCUT2D eigenvalue weighted by atomic mass is 32.1. The molecule has 2 aromatic rings. The summed E-state index contributed by atoms with van der Waals surface area (Å²) >= 11 is 5.01. The average Bonchev–Trinajstić information content (AvgIpc) is 2.54. The summed E-state index contributed by atoms with van der Waals surface area (Å²) in [7, 11) is 3.61. The monoisotopic (exact) mass is 333 g/mol. The molecule has 2 aromatic carbocycles. The lowest BCUT2D eigenvalue weighted by Gasteiger charge is -2.15. The van der Waals surface area contributed by atoms with Gasteiger partial charge in [0.1, 0.15) is 5.75 Å². The molecule has 0 saturated heterocycles. The molecule has 0 saturated carbocycles. The van der Waals surface area contributed by atoms with E-state index in [2.05, 4.69) is 0 Å². The molecule has 0 aliphatic rings. The lowest BCUT2D eigenvalue weighted by molar-refractivity contribution is 0.0526. The van der Waals surface area contributed by atoms with Crippen LogP contribution in [0, 0.1) is 0 Å². The Hall–Kier alpha value is -2.34. The number of fused-ring (bicyclic) bond motifs is 1. The van der Waals surface area contributed by atoms with Crippen LogP contribution in [0.25, 0.3) is 10.8 Å². The minimum atomic E-state index is -0.319. The molecular formula is C17H19NO4S. The predicted molar refractivity (Wildman–Crippen MR) is 92.8 cm³/mol. The van der Waals surface area contributed by atoms with Crippen molar-refractivity contribution in [3.63, 3.8) is 0 Å². The molecule has 0 fully saturated rings. The van der Waals surface area contributed by atoms with E-state index in [0.717, 1.165) is 10.8 Å². The second-order valence-electron chi connectivity index (χ2n) is 5.01. The molecule has 0 radical (unpaired) electrons. The number of carbonyl (C=O) groups excluding carboxylic acids is 1. The van der Waals surface area contributed by atoms with Crippen molar-refractivity contribution in [2.45, 2.75) is 6.92 Å². The van der Waals surface area contributed by atoms with Gasteiger partial charge in [0.25, 0.3) is 5.17 Å². The zero-order valence-corrected chi connectivity index (χ0v) is 14.2. The fourth-order valence-corrected chi connectivity index (χ4v) is 1.98. The van der Waals surface area contributed by atoms with Gasteiger partial charge in [0.05, 0.1) is 12.2 Å². The highest BCUT2D eigenvalue weighted by molar-refractivity contribution is 7.80. The molecule has 122 valence electrons. The van der Waals surface area contributed by atoms with Gasteiger partial charge in [0, 0.05) is 14.1 Å². The first kappa shape index (κ1) is 17.0. The second kappa shape index (κ2) is 7.78. The molecule has 0 spiro atoms. The fourth-order valence-electron chi connectivity index (χ4n) is 1.93. The molecule has 0 unspecified atom stereocenters. The van der Waals surface area contributed by atoms with Crippen molar-refractivity contribution in [2.24, 2.45) is 0 Å². The summed E-state index contributed by atoms with van der Waals surface area (Å²) in [6.07, 6.45) is 0. The Bertz CT molecular complexity index is 715. The van der Waals surface area contributed by atoms with E-state index in [1.165, 1.54) is 0 Å². The van der Waals surface area contributed by atoms with Gasteiger partial charge in [-0.25, -0.2) is 4.79 Å². The predicted octanol–water partition coefficient (Wildman–Crippen LogP) is 3.22. The summed E-state index contributed by atoms with van der Waals surface area (Å²) in [4.78, 5) is 13.4. The normalized spacial score (nSPS) is 10.2. The van der Waals surface area contributed by atoms with E-state index in [1.807, 2.05) is 24.3 Å². The lowest BCUT2D eigenvalue weighted by atomic mass is 10.1. The Morgan fingerprint density at radius 1 is 1.09 bits per heavy atom. The van der Waals surface area contributed by atoms with Gasteiger partial charge in [-0.15, -0.1) is 0 Å². The minimum Gasteiger partial charge on any atom is -0.462 e. The van der Waals surface area contributed by atoms with Crippen LogP contribution < -0.4 is 4.74 Å². The first-order valence-electron chi connectivity index (χ1n) is 7.19. The molecule has 0 bridgehead atoms. The number of ether oxygens (including phenoxy) is 3. The molecule has 5 nitrogen and oxygen atoms in total. The molecule has 0 aliphatic heterocycles. The van der Waals surface area contributed by atoms with Crippen molar-refractivity contribution in [2.75, 3.05) is 27.5 Å². The molecule has 6 heteroatoms. The molecule has 0 atom stereocenters. The summed E-state index contributed by atoms with van der Waals surface area (Å²) in [6, 6.07) is 11.0. The van der Waals surface area contributed by atoms with Crippen LogP contribution in [0.5, 0.6) is 5.75 Å². The van der Waals surface area contributed by atoms with Gasteiger partial charge in [-0.05, 0) is 54.2 Å². The van der Waals surface area contributed by atoms with Crippen LogP contribution in [0.2, 0.25) is 0 Å². The maximum atomic E-state index is 11.7. The standard InChI is InChI=1S/C17H19NO4S/c1-4-20-16(19)14-6-5-13-10-15(8-7-12(13)9-14)21-11-22-17(23)18(2)3/h5-10H,4,11H2,1-3H3. The third kappa shape index (κ3) is 4.56. The van der Waals surface area contributed by atoms with Crippen molar-refractivity contribution in [1.29, 1.82) is 0 Å². The first-order valence-corrected chi connectivity index (χ1v) is 7.60. The Balaban J connectivity index is 2.06. The molecule has 0 amide bonds. The third-order valence-corrected chi connectivity index (χ3v) is 3.58. The van der Waals surface area contributed by atoms with E-state index >= 15 is 0 Å². The zero-order chi connectivity index (χ0) is 16.8. The second-order valence-corrected chi connectivity index (χ2v) is 5.36. The Morgan fingerprint density at radius 2 is 1.78 bits per heavy atom. The molecular weight excluding hydrogens is 314 g/mol. The SMILES string of the molecule is CCOC(=O)c1ccc2cc(OCOC(=S)N(C)C)ccc2c1. The first-order chi connectivity index (χ1) is 11.0. The smallest absolute Gasteiger partial charge is 0.338 e. The van der Waals surface area contributed by atoms with Gasteiger partial charge >= 0.3 is 5.97 Å². The number of carbonyl (C=O) groups is 1. The zero-order valence-electron chi connectivity index (χ0n) is 13.4. The van der Waals surface area contributed by atoms with Crippen molar-refractivity contribution >= 4 is 34.1 Å². The molecule has 0 N–H and O–H groups in total. The number of thiocarbonyl (C=S) groups is 1. The van der Waals surface area contributed by atoms with Crippen LogP contribution in [0.1, 0.15) is 17.3 Å². The summed E-state index contributed by atoms with van der Waals surface area (Å²) in [5, 5.41) is 2.27. The number of hydrogen-bond acceptors (Lipinski definition) is 5. The molecule has 0 aromatic heterocycles. The van der Waals surface area contributed by atoms with E-state index < -0.39 is 0 Å². The van der Waals surface area contributed by atoms with Crippen LogP contribution >= 0.6 is 12.2 Å². The highest BCUT2D eigenvalue weighted by Crippen LogP contribution is 2.22. The summed E-state index contributed by atoms with van der Waals surface area (Å²) in [5.74, 6) is 0.350. The minimum absolute atomic E-state index is 0.0451. The fraction of sp³-hybridized carbons (Fsp3) is 0.294. The van der Waals surface area contributed by atoms with Gasteiger partial charge in [-0.3, -0.25) is 0 Å². The van der Waals surface area contributed by atoms with E-state index in [-0.39, 0.29) is 12.8 Å². The van der Waals surface area contributed by atoms with Gasteiger partial charge in [0.15, 0.2) is 0 Å². The van der Waals surface area contributed by atoms with Crippen molar-refractivity contribution in [1.82, 2.24) is 4.90 Å². The highest BCUT2D eigenvalue weighted by Gasteiger charge is 2.07. The Labute approximate surface area is 140 Å². The molecule has 0 heterocycles. The van der Waals surface area contributed by atoms with E-state index in [4.69, 9.17) is 26.4 Å². The molecule has 0 aliphatic carbocycles. The summed E-state index contributed by atoms with van der Waals surface area (Å²) < 4.78 is 15.8. The number of esters is 1. The largest absolute Gasteiger partial charge is 0.462 e. The van der Waals surface area contributed by atoms with Crippen LogP contribution in [0.4, 0.5) is 0 Å². The Morgan fingerprint density at radius 3 is 2.48 bits per heavy atom. The van der Waals surface area contributed by atoms with Crippen LogP contribution in [0.3, 0.4) is 0 Å². The third-order valence-electron chi connectivity index (χ3n) is 3.10.